The normalized spacial score (nSPS) is 17.2. The van der Waals surface area contributed by atoms with E-state index in [2.05, 4.69) is 30.4 Å². The van der Waals surface area contributed by atoms with Crippen molar-refractivity contribution >= 4 is 0 Å². The summed E-state index contributed by atoms with van der Waals surface area (Å²) in [5.74, 6) is 0.916. The van der Waals surface area contributed by atoms with E-state index in [0.29, 0.717) is 19.1 Å². The number of ether oxygens (including phenoxy) is 1. The van der Waals surface area contributed by atoms with Crippen LogP contribution in [-0.4, -0.2) is 19.7 Å². The van der Waals surface area contributed by atoms with Gasteiger partial charge in [-0.1, -0.05) is 12.1 Å². The van der Waals surface area contributed by atoms with Crippen molar-refractivity contribution in [3.8, 4) is 11.8 Å². The van der Waals surface area contributed by atoms with E-state index in [1.807, 2.05) is 19.2 Å². The summed E-state index contributed by atoms with van der Waals surface area (Å²) in [4.78, 5) is 0. The lowest BCUT2D eigenvalue weighted by Crippen LogP contribution is -2.21. The SMILES string of the molecule is CNC(C)CCc1ccc(OCC2(CC#N)CC2)cc1. The number of benzene rings is 1. The lowest BCUT2D eigenvalue weighted by molar-refractivity contribution is 0.237. The highest BCUT2D eigenvalue weighted by atomic mass is 16.5. The molecule has 0 aromatic heterocycles. The quantitative estimate of drug-likeness (QED) is 0.789. The summed E-state index contributed by atoms with van der Waals surface area (Å²) in [5.41, 5.74) is 1.49. The standard InChI is InChI=1S/C17H24N2O/c1-14(19-2)3-4-15-5-7-16(8-6-15)20-13-17(9-10-17)11-12-18/h5-8,14,19H,3-4,9-11,13H2,1-2H3. The highest BCUT2D eigenvalue weighted by molar-refractivity contribution is 5.27. The van der Waals surface area contributed by atoms with Crippen LogP contribution in [0.3, 0.4) is 0 Å². The molecule has 1 aliphatic rings. The molecule has 3 nitrogen and oxygen atoms in total. The summed E-state index contributed by atoms with van der Waals surface area (Å²) in [6.45, 7) is 2.87. The van der Waals surface area contributed by atoms with Gasteiger partial charge in [0.1, 0.15) is 5.75 Å². The van der Waals surface area contributed by atoms with Crippen LogP contribution in [0.15, 0.2) is 24.3 Å². The predicted octanol–water partition coefficient (Wildman–Crippen LogP) is 3.30. The van der Waals surface area contributed by atoms with Gasteiger partial charge in [-0.2, -0.15) is 5.26 Å². The Labute approximate surface area is 121 Å². The maximum Gasteiger partial charge on any atom is 0.119 e. The van der Waals surface area contributed by atoms with Crippen molar-refractivity contribution in [2.45, 2.75) is 45.1 Å². The van der Waals surface area contributed by atoms with Crippen molar-refractivity contribution < 1.29 is 4.74 Å². The van der Waals surface area contributed by atoms with E-state index in [9.17, 15) is 0 Å². The van der Waals surface area contributed by atoms with E-state index in [-0.39, 0.29) is 5.41 Å². The minimum atomic E-state index is 0.148. The topological polar surface area (TPSA) is 45.0 Å². The molecule has 1 fully saturated rings. The first-order valence-electron chi connectivity index (χ1n) is 7.43. The van der Waals surface area contributed by atoms with Gasteiger partial charge in [-0.25, -0.2) is 0 Å². The van der Waals surface area contributed by atoms with Crippen molar-refractivity contribution in [2.24, 2.45) is 5.41 Å². The number of hydrogen-bond acceptors (Lipinski definition) is 3. The van der Waals surface area contributed by atoms with Crippen LogP contribution in [0.25, 0.3) is 0 Å². The van der Waals surface area contributed by atoms with Crippen LogP contribution in [0.5, 0.6) is 5.75 Å². The summed E-state index contributed by atoms with van der Waals surface area (Å²) in [6, 6.07) is 11.2. The Kier molecular flexibility index (Phi) is 5.03. The van der Waals surface area contributed by atoms with Crippen LogP contribution in [0.4, 0.5) is 0 Å². The summed E-state index contributed by atoms with van der Waals surface area (Å²) in [6.07, 6.45) is 5.09. The summed E-state index contributed by atoms with van der Waals surface area (Å²) in [5, 5.41) is 12.0. The Balaban J connectivity index is 1.78. The third-order valence-electron chi connectivity index (χ3n) is 4.24. The van der Waals surface area contributed by atoms with E-state index in [4.69, 9.17) is 10.00 Å². The van der Waals surface area contributed by atoms with E-state index >= 15 is 0 Å². The zero-order chi connectivity index (χ0) is 14.4. The third kappa shape index (κ3) is 4.25. The molecule has 1 aromatic carbocycles. The molecular weight excluding hydrogens is 248 g/mol. The number of aryl methyl sites for hydroxylation is 1. The lowest BCUT2D eigenvalue weighted by Gasteiger charge is -2.13. The maximum atomic E-state index is 8.79. The Morgan fingerprint density at radius 3 is 2.60 bits per heavy atom. The Hall–Kier alpha value is -1.53. The number of hydrogen-bond donors (Lipinski definition) is 1. The van der Waals surface area contributed by atoms with Crippen molar-refractivity contribution in [3.05, 3.63) is 29.8 Å². The molecule has 0 radical (unpaired) electrons. The molecular formula is C17H24N2O. The van der Waals surface area contributed by atoms with Gasteiger partial charge in [0, 0.05) is 17.9 Å². The molecule has 108 valence electrons. The van der Waals surface area contributed by atoms with Gasteiger partial charge in [-0.15, -0.1) is 0 Å². The van der Waals surface area contributed by atoms with Crippen LogP contribution in [-0.2, 0) is 6.42 Å². The second-order valence-corrected chi connectivity index (χ2v) is 6.00. The molecule has 0 heterocycles. The van der Waals surface area contributed by atoms with E-state index in [1.165, 1.54) is 5.56 Å². The fraction of sp³-hybridized carbons (Fsp3) is 0.588. The smallest absolute Gasteiger partial charge is 0.119 e. The molecule has 3 heteroatoms. The number of nitriles is 1. The first kappa shape index (κ1) is 14.9. The predicted molar refractivity (Wildman–Crippen MR) is 80.7 cm³/mol. The molecule has 0 saturated heterocycles. The minimum absolute atomic E-state index is 0.148. The molecule has 0 bridgehead atoms. The highest BCUT2D eigenvalue weighted by Crippen LogP contribution is 2.48. The van der Waals surface area contributed by atoms with Gasteiger partial charge in [0.05, 0.1) is 12.7 Å². The van der Waals surface area contributed by atoms with Crippen molar-refractivity contribution in [2.75, 3.05) is 13.7 Å². The van der Waals surface area contributed by atoms with E-state index < -0.39 is 0 Å². The van der Waals surface area contributed by atoms with Gasteiger partial charge >= 0.3 is 0 Å². The van der Waals surface area contributed by atoms with Crippen LogP contribution >= 0.6 is 0 Å². The zero-order valence-corrected chi connectivity index (χ0v) is 12.5. The molecule has 1 N–H and O–H groups in total. The first-order valence-corrected chi connectivity index (χ1v) is 7.43. The molecule has 1 aromatic rings. The number of nitrogens with one attached hydrogen (secondary N) is 1. The maximum absolute atomic E-state index is 8.79. The van der Waals surface area contributed by atoms with Crippen LogP contribution in [0.1, 0.15) is 38.2 Å². The molecule has 1 unspecified atom stereocenters. The summed E-state index contributed by atoms with van der Waals surface area (Å²) in [7, 11) is 2.00. The Bertz CT molecular complexity index is 457. The van der Waals surface area contributed by atoms with Crippen LogP contribution in [0, 0.1) is 16.7 Å². The average Bonchev–Trinajstić information content (AvgIpc) is 3.24. The lowest BCUT2D eigenvalue weighted by atomic mass is 10.1. The largest absolute Gasteiger partial charge is 0.493 e. The fourth-order valence-electron chi connectivity index (χ4n) is 2.23. The highest BCUT2D eigenvalue weighted by Gasteiger charge is 2.43. The average molecular weight is 272 g/mol. The van der Waals surface area contributed by atoms with Gasteiger partial charge in [0.2, 0.25) is 0 Å². The molecule has 0 spiro atoms. The first-order chi connectivity index (χ1) is 9.67. The molecule has 0 aliphatic heterocycles. The van der Waals surface area contributed by atoms with Gasteiger partial charge in [-0.05, 0) is 57.4 Å². The van der Waals surface area contributed by atoms with E-state index in [0.717, 1.165) is 31.4 Å². The summed E-state index contributed by atoms with van der Waals surface area (Å²) >= 11 is 0. The Morgan fingerprint density at radius 2 is 2.05 bits per heavy atom. The fourth-order valence-corrected chi connectivity index (χ4v) is 2.23. The zero-order valence-electron chi connectivity index (χ0n) is 12.5. The monoisotopic (exact) mass is 272 g/mol. The number of rotatable bonds is 8. The van der Waals surface area contributed by atoms with Crippen molar-refractivity contribution in [1.82, 2.24) is 5.32 Å². The summed E-state index contributed by atoms with van der Waals surface area (Å²) < 4.78 is 5.82. The van der Waals surface area contributed by atoms with Gasteiger partial charge < -0.3 is 10.1 Å². The molecule has 1 aliphatic carbocycles. The van der Waals surface area contributed by atoms with Crippen LogP contribution < -0.4 is 10.1 Å². The molecule has 1 saturated carbocycles. The molecule has 0 amide bonds. The van der Waals surface area contributed by atoms with Crippen LogP contribution in [0.2, 0.25) is 0 Å². The van der Waals surface area contributed by atoms with Gasteiger partial charge in [-0.3, -0.25) is 0 Å². The molecule has 2 rings (SSSR count). The molecule has 20 heavy (non-hydrogen) atoms. The second kappa shape index (κ2) is 6.76. The van der Waals surface area contributed by atoms with E-state index in [1.54, 1.807) is 0 Å². The van der Waals surface area contributed by atoms with Crippen molar-refractivity contribution in [1.29, 1.82) is 5.26 Å². The van der Waals surface area contributed by atoms with Crippen molar-refractivity contribution in [3.63, 3.8) is 0 Å². The van der Waals surface area contributed by atoms with Gasteiger partial charge in [0.25, 0.3) is 0 Å². The number of nitrogens with zero attached hydrogens (tertiary/aromatic N) is 1. The second-order valence-electron chi connectivity index (χ2n) is 6.00. The Morgan fingerprint density at radius 1 is 1.35 bits per heavy atom. The van der Waals surface area contributed by atoms with Gasteiger partial charge in [0.15, 0.2) is 0 Å². The minimum Gasteiger partial charge on any atom is -0.493 e. The third-order valence-corrected chi connectivity index (χ3v) is 4.24. The molecule has 1 atom stereocenters.